The molecule has 0 radical (unpaired) electrons. The summed E-state index contributed by atoms with van der Waals surface area (Å²) in [5, 5.41) is 6.36. The molecule has 1 aromatic rings. The Kier molecular flexibility index (Phi) is 3.90. The fraction of sp³-hybridized carbons (Fsp3) is 0.571. The molecule has 1 rings (SSSR count). The standard InChI is InChI=1S/C7H13N3O3S/c1-2-8-4-6-14(11,12)10-7-3-5-13-9-7/h3,5,8H,2,4,6H2,1H3,(H,9,10). The van der Waals surface area contributed by atoms with Crippen LogP contribution in [0, 0.1) is 0 Å². The van der Waals surface area contributed by atoms with E-state index in [1.165, 1.54) is 12.3 Å². The van der Waals surface area contributed by atoms with Gasteiger partial charge in [-0.05, 0) is 6.54 Å². The van der Waals surface area contributed by atoms with E-state index in [1.54, 1.807) is 0 Å². The molecule has 0 aromatic carbocycles. The number of anilines is 1. The van der Waals surface area contributed by atoms with Crippen LogP contribution in [0.4, 0.5) is 5.82 Å². The summed E-state index contributed by atoms with van der Waals surface area (Å²) in [5.74, 6) is 0.231. The Hall–Kier alpha value is -1.08. The summed E-state index contributed by atoms with van der Waals surface area (Å²) in [6.45, 7) is 3.08. The van der Waals surface area contributed by atoms with Crippen LogP contribution in [0.2, 0.25) is 0 Å². The summed E-state index contributed by atoms with van der Waals surface area (Å²) < 4.78 is 29.5. The first-order valence-corrected chi connectivity index (χ1v) is 5.91. The summed E-state index contributed by atoms with van der Waals surface area (Å²) in [5.41, 5.74) is 0. The lowest BCUT2D eigenvalue weighted by Crippen LogP contribution is -2.26. The van der Waals surface area contributed by atoms with Crippen LogP contribution in [0.25, 0.3) is 0 Å². The van der Waals surface area contributed by atoms with Crippen molar-refractivity contribution in [2.75, 3.05) is 23.6 Å². The van der Waals surface area contributed by atoms with Gasteiger partial charge in [-0.2, -0.15) is 0 Å². The molecule has 7 heteroatoms. The molecule has 6 nitrogen and oxygen atoms in total. The normalized spacial score (nSPS) is 11.5. The molecule has 0 fully saturated rings. The van der Waals surface area contributed by atoms with E-state index in [2.05, 4.69) is 19.7 Å². The Morgan fingerprint density at radius 3 is 2.93 bits per heavy atom. The maximum absolute atomic E-state index is 11.3. The molecule has 0 spiro atoms. The van der Waals surface area contributed by atoms with Gasteiger partial charge in [-0.1, -0.05) is 12.1 Å². The monoisotopic (exact) mass is 219 g/mol. The molecule has 0 aliphatic heterocycles. The van der Waals surface area contributed by atoms with Crippen molar-refractivity contribution in [3.8, 4) is 0 Å². The average Bonchev–Trinajstić information content (AvgIpc) is 2.56. The lowest BCUT2D eigenvalue weighted by atomic mass is 10.7. The van der Waals surface area contributed by atoms with E-state index in [0.717, 1.165) is 6.54 Å². The highest BCUT2D eigenvalue weighted by Gasteiger charge is 2.10. The number of nitrogens with one attached hydrogen (secondary N) is 2. The molecular formula is C7H13N3O3S. The molecule has 80 valence electrons. The van der Waals surface area contributed by atoms with Crippen LogP contribution in [0.3, 0.4) is 0 Å². The quantitative estimate of drug-likeness (QED) is 0.659. The van der Waals surface area contributed by atoms with Gasteiger partial charge in [0.2, 0.25) is 10.0 Å². The minimum absolute atomic E-state index is 0.0215. The van der Waals surface area contributed by atoms with Crippen LogP contribution in [-0.4, -0.2) is 32.4 Å². The SMILES string of the molecule is CCNCCS(=O)(=O)Nc1ccon1. The smallest absolute Gasteiger partial charge is 0.235 e. The molecule has 0 aliphatic carbocycles. The topological polar surface area (TPSA) is 84.2 Å². The first kappa shape index (κ1) is 11.0. The molecule has 1 heterocycles. The maximum Gasteiger partial charge on any atom is 0.235 e. The van der Waals surface area contributed by atoms with E-state index in [-0.39, 0.29) is 11.6 Å². The van der Waals surface area contributed by atoms with Crippen LogP contribution in [0.5, 0.6) is 0 Å². The summed E-state index contributed by atoms with van der Waals surface area (Å²) in [6, 6.07) is 1.45. The zero-order valence-corrected chi connectivity index (χ0v) is 8.67. The predicted molar refractivity (Wildman–Crippen MR) is 52.5 cm³/mol. The van der Waals surface area contributed by atoms with Gasteiger partial charge in [-0.3, -0.25) is 4.72 Å². The summed E-state index contributed by atoms with van der Waals surface area (Å²) in [6.07, 6.45) is 1.31. The Labute approximate surface area is 82.7 Å². The Balaban J connectivity index is 2.42. The van der Waals surface area contributed by atoms with Gasteiger partial charge in [0, 0.05) is 12.6 Å². The number of hydrogen-bond acceptors (Lipinski definition) is 5. The molecule has 0 amide bonds. The zero-order valence-electron chi connectivity index (χ0n) is 7.86. The van der Waals surface area contributed by atoms with Crippen molar-refractivity contribution in [1.82, 2.24) is 10.5 Å². The van der Waals surface area contributed by atoms with Gasteiger partial charge in [0.1, 0.15) is 6.26 Å². The lowest BCUT2D eigenvalue weighted by Gasteiger charge is -2.04. The number of nitrogens with zero attached hydrogens (tertiary/aromatic N) is 1. The van der Waals surface area contributed by atoms with Gasteiger partial charge in [0.25, 0.3) is 0 Å². The maximum atomic E-state index is 11.3. The van der Waals surface area contributed by atoms with Gasteiger partial charge >= 0.3 is 0 Å². The minimum Gasteiger partial charge on any atom is -0.363 e. The summed E-state index contributed by atoms with van der Waals surface area (Å²) in [4.78, 5) is 0. The van der Waals surface area contributed by atoms with Gasteiger partial charge in [0.05, 0.1) is 5.75 Å². The molecule has 14 heavy (non-hydrogen) atoms. The molecule has 0 unspecified atom stereocenters. The highest BCUT2D eigenvalue weighted by atomic mass is 32.2. The van der Waals surface area contributed by atoms with Gasteiger partial charge < -0.3 is 9.84 Å². The fourth-order valence-corrected chi connectivity index (χ4v) is 1.80. The van der Waals surface area contributed by atoms with Gasteiger partial charge in [0.15, 0.2) is 5.82 Å². The number of sulfonamides is 1. The minimum atomic E-state index is -3.31. The van der Waals surface area contributed by atoms with Crippen LogP contribution in [0.1, 0.15) is 6.92 Å². The van der Waals surface area contributed by atoms with Crippen molar-refractivity contribution in [3.05, 3.63) is 12.3 Å². The third-order valence-corrected chi connectivity index (χ3v) is 2.76. The lowest BCUT2D eigenvalue weighted by molar-refractivity contribution is 0.423. The third-order valence-electron chi connectivity index (χ3n) is 1.50. The molecule has 0 aliphatic rings. The third kappa shape index (κ3) is 3.75. The van der Waals surface area contributed by atoms with Crippen molar-refractivity contribution in [3.63, 3.8) is 0 Å². The van der Waals surface area contributed by atoms with Crippen LogP contribution >= 0.6 is 0 Å². The van der Waals surface area contributed by atoms with E-state index in [0.29, 0.717) is 6.54 Å². The van der Waals surface area contributed by atoms with E-state index < -0.39 is 10.0 Å². The fourth-order valence-electron chi connectivity index (χ4n) is 0.859. The van der Waals surface area contributed by atoms with Crippen molar-refractivity contribution in [2.24, 2.45) is 0 Å². The Morgan fingerprint density at radius 2 is 2.36 bits per heavy atom. The predicted octanol–water partition coefficient (Wildman–Crippen LogP) is 0.0258. The molecular weight excluding hydrogens is 206 g/mol. The second-order valence-electron chi connectivity index (χ2n) is 2.66. The summed E-state index contributed by atoms with van der Waals surface area (Å²) >= 11 is 0. The van der Waals surface area contributed by atoms with Crippen molar-refractivity contribution >= 4 is 15.8 Å². The molecule has 0 saturated carbocycles. The number of rotatable bonds is 6. The summed E-state index contributed by atoms with van der Waals surface area (Å²) in [7, 11) is -3.31. The largest absolute Gasteiger partial charge is 0.363 e. The molecule has 1 aromatic heterocycles. The molecule has 0 saturated heterocycles. The van der Waals surface area contributed by atoms with Crippen LogP contribution < -0.4 is 10.0 Å². The van der Waals surface area contributed by atoms with E-state index >= 15 is 0 Å². The first-order valence-electron chi connectivity index (χ1n) is 4.25. The highest BCUT2D eigenvalue weighted by molar-refractivity contribution is 7.92. The Bertz CT molecular complexity index is 346. The molecule has 2 N–H and O–H groups in total. The van der Waals surface area contributed by atoms with Gasteiger partial charge in [-0.15, -0.1) is 0 Å². The zero-order chi connectivity index (χ0) is 10.4. The highest BCUT2D eigenvalue weighted by Crippen LogP contribution is 2.03. The van der Waals surface area contributed by atoms with Crippen molar-refractivity contribution < 1.29 is 12.9 Å². The first-order chi connectivity index (χ1) is 6.64. The van der Waals surface area contributed by atoms with E-state index in [1.807, 2.05) is 6.92 Å². The van der Waals surface area contributed by atoms with Gasteiger partial charge in [-0.25, -0.2) is 8.42 Å². The Morgan fingerprint density at radius 1 is 1.57 bits per heavy atom. The van der Waals surface area contributed by atoms with E-state index in [9.17, 15) is 8.42 Å². The van der Waals surface area contributed by atoms with E-state index in [4.69, 9.17) is 0 Å². The second kappa shape index (κ2) is 4.97. The number of aromatic nitrogens is 1. The van der Waals surface area contributed by atoms with Crippen molar-refractivity contribution in [1.29, 1.82) is 0 Å². The number of hydrogen-bond donors (Lipinski definition) is 2. The van der Waals surface area contributed by atoms with Crippen LogP contribution in [-0.2, 0) is 10.0 Å². The van der Waals surface area contributed by atoms with Crippen LogP contribution in [0.15, 0.2) is 16.9 Å². The van der Waals surface area contributed by atoms with Crippen molar-refractivity contribution in [2.45, 2.75) is 6.92 Å². The average molecular weight is 219 g/mol. The molecule has 0 bridgehead atoms. The second-order valence-corrected chi connectivity index (χ2v) is 4.50. The molecule has 0 atom stereocenters.